The molecule has 0 saturated carbocycles. The van der Waals surface area contributed by atoms with Crippen molar-refractivity contribution in [1.29, 1.82) is 0 Å². The van der Waals surface area contributed by atoms with E-state index in [1.165, 1.54) is 12.1 Å². The molecule has 0 heterocycles. The van der Waals surface area contributed by atoms with Crippen LogP contribution in [0, 0.1) is 11.2 Å². The van der Waals surface area contributed by atoms with Gasteiger partial charge in [0.2, 0.25) is 10.0 Å². The summed E-state index contributed by atoms with van der Waals surface area (Å²) in [6.07, 6.45) is -0.352. The zero-order chi connectivity index (χ0) is 17.0. The minimum Gasteiger partial charge on any atom is -0.491 e. The monoisotopic (exact) mass is 333 g/mol. The molecule has 0 aliphatic heterocycles. The Bertz CT molecular complexity index is 596. The van der Waals surface area contributed by atoms with Gasteiger partial charge in [-0.2, -0.15) is 0 Å². The van der Waals surface area contributed by atoms with Crippen LogP contribution in [0.15, 0.2) is 23.1 Å². The van der Waals surface area contributed by atoms with E-state index in [4.69, 9.17) is 4.74 Å². The van der Waals surface area contributed by atoms with Crippen LogP contribution < -0.4 is 9.46 Å². The number of hydrogen-bond acceptors (Lipinski definition) is 4. The van der Waals surface area contributed by atoms with Gasteiger partial charge in [0, 0.05) is 6.54 Å². The van der Waals surface area contributed by atoms with Gasteiger partial charge in [-0.3, -0.25) is 0 Å². The maximum atomic E-state index is 13.7. The van der Waals surface area contributed by atoms with E-state index in [-0.39, 0.29) is 29.0 Å². The van der Waals surface area contributed by atoms with Crippen molar-refractivity contribution in [2.75, 3.05) is 13.2 Å². The smallest absolute Gasteiger partial charge is 0.240 e. The molecule has 0 spiro atoms. The number of ether oxygens (including phenoxy) is 1. The van der Waals surface area contributed by atoms with E-state index in [2.05, 4.69) is 4.72 Å². The van der Waals surface area contributed by atoms with Gasteiger partial charge in [0.05, 0.1) is 17.6 Å². The Labute approximate surface area is 131 Å². The number of rotatable bonds is 7. The van der Waals surface area contributed by atoms with Crippen LogP contribution in [0.5, 0.6) is 5.75 Å². The summed E-state index contributed by atoms with van der Waals surface area (Å²) in [7, 11) is -3.81. The molecule has 0 radical (unpaired) electrons. The van der Waals surface area contributed by atoms with Crippen LogP contribution in [-0.2, 0) is 10.0 Å². The molecule has 0 saturated heterocycles. The molecule has 1 aromatic rings. The zero-order valence-corrected chi connectivity index (χ0v) is 14.2. The lowest BCUT2D eigenvalue weighted by molar-refractivity contribution is 0.0571. The molecule has 1 atom stereocenters. The summed E-state index contributed by atoms with van der Waals surface area (Å²) < 4.78 is 45.3. The van der Waals surface area contributed by atoms with Crippen LogP contribution in [-0.4, -0.2) is 32.8 Å². The fraction of sp³-hybridized carbons (Fsp3) is 0.600. The molecule has 0 bridgehead atoms. The van der Waals surface area contributed by atoms with Crippen LogP contribution in [0.4, 0.5) is 4.39 Å². The van der Waals surface area contributed by atoms with Gasteiger partial charge in [-0.15, -0.1) is 0 Å². The van der Waals surface area contributed by atoms with Gasteiger partial charge in [-0.25, -0.2) is 17.5 Å². The van der Waals surface area contributed by atoms with E-state index in [1.54, 1.807) is 6.92 Å². The first-order valence-corrected chi connectivity index (χ1v) is 8.66. The highest BCUT2D eigenvalue weighted by molar-refractivity contribution is 7.89. The van der Waals surface area contributed by atoms with Crippen molar-refractivity contribution in [3.05, 3.63) is 24.0 Å². The Kier molecular flexibility index (Phi) is 6.34. The molecule has 1 rings (SSSR count). The first-order valence-electron chi connectivity index (χ1n) is 7.18. The second kappa shape index (κ2) is 7.39. The Hall–Kier alpha value is -1.18. The molecule has 0 amide bonds. The Balaban J connectivity index is 2.73. The highest BCUT2D eigenvalue weighted by Gasteiger charge is 2.23. The molecule has 0 fully saturated rings. The van der Waals surface area contributed by atoms with E-state index in [9.17, 15) is 17.9 Å². The third kappa shape index (κ3) is 5.23. The predicted molar refractivity (Wildman–Crippen MR) is 82.8 cm³/mol. The maximum absolute atomic E-state index is 13.7. The molecule has 0 aliphatic carbocycles. The third-order valence-corrected chi connectivity index (χ3v) is 4.68. The number of nitrogens with one attached hydrogen (secondary N) is 1. The van der Waals surface area contributed by atoms with Gasteiger partial charge < -0.3 is 9.84 Å². The van der Waals surface area contributed by atoms with Crippen molar-refractivity contribution >= 4 is 10.0 Å². The van der Waals surface area contributed by atoms with Crippen LogP contribution in [0.2, 0.25) is 0 Å². The molecule has 22 heavy (non-hydrogen) atoms. The van der Waals surface area contributed by atoms with Crippen molar-refractivity contribution in [2.45, 2.75) is 45.1 Å². The van der Waals surface area contributed by atoms with Gasteiger partial charge in [-0.05, 0) is 37.0 Å². The minimum absolute atomic E-state index is 0.0182. The lowest BCUT2D eigenvalue weighted by Gasteiger charge is -2.25. The summed E-state index contributed by atoms with van der Waals surface area (Å²) in [5.74, 6) is -0.705. The molecule has 126 valence electrons. The average Bonchev–Trinajstić information content (AvgIpc) is 2.39. The molecule has 2 N–H and O–H groups in total. The highest BCUT2D eigenvalue weighted by atomic mass is 32.2. The highest BCUT2D eigenvalue weighted by Crippen LogP contribution is 2.22. The zero-order valence-electron chi connectivity index (χ0n) is 13.4. The second-order valence-electron chi connectivity index (χ2n) is 6.09. The molecule has 0 aromatic heterocycles. The average molecular weight is 333 g/mol. The van der Waals surface area contributed by atoms with Crippen molar-refractivity contribution in [1.82, 2.24) is 4.72 Å². The van der Waals surface area contributed by atoms with Crippen molar-refractivity contribution in [3.8, 4) is 5.75 Å². The van der Waals surface area contributed by atoms with E-state index in [0.717, 1.165) is 6.07 Å². The standard InChI is InChI=1S/C15H24FNO4S/c1-5-21-13-7-6-11(10-12(13)16)22(19,20)17-9-8-14(18)15(2,3)4/h6-7,10,14,17-18H,5,8-9H2,1-4H3/t14-/m1/s1. The predicted octanol–water partition coefficient (Wildman–Crippen LogP) is 2.30. The van der Waals surface area contributed by atoms with Gasteiger partial charge in [0.1, 0.15) is 0 Å². The molecule has 7 heteroatoms. The third-order valence-electron chi connectivity index (χ3n) is 3.22. The van der Waals surface area contributed by atoms with Gasteiger partial charge in [0.15, 0.2) is 11.6 Å². The number of aliphatic hydroxyl groups excluding tert-OH is 1. The first-order chi connectivity index (χ1) is 10.1. The summed E-state index contributed by atoms with van der Waals surface area (Å²) in [6.45, 7) is 7.70. The van der Waals surface area contributed by atoms with E-state index >= 15 is 0 Å². The number of sulfonamides is 1. The molecule has 1 aromatic carbocycles. The molecule has 5 nitrogen and oxygen atoms in total. The van der Waals surface area contributed by atoms with Crippen molar-refractivity contribution < 1.29 is 22.7 Å². The number of hydrogen-bond donors (Lipinski definition) is 2. The summed E-state index contributed by atoms with van der Waals surface area (Å²) in [4.78, 5) is -0.168. The topological polar surface area (TPSA) is 75.6 Å². The fourth-order valence-corrected chi connectivity index (χ4v) is 2.83. The van der Waals surface area contributed by atoms with Crippen molar-refractivity contribution in [3.63, 3.8) is 0 Å². The fourth-order valence-electron chi connectivity index (χ4n) is 1.77. The Morgan fingerprint density at radius 2 is 2.00 bits per heavy atom. The summed E-state index contributed by atoms with van der Waals surface area (Å²) in [6, 6.07) is 3.50. The first kappa shape index (κ1) is 18.9. The molecular weight excluding hydrogens is 309 g/mol. The maximum Gasteiger partial charge on any atom is 0.240 e. The van der Waals surface area contributed by atoms with Crippen LogP contribution >= 0.6 is 0 Å². The summed E-state index contributed by atoms with van der Waals surface area (Å²) in [5, 5.41) is 9.88. The Morgan fingerprint density at radius 1 is 1.36 bits per heavy atom. The van der Waals surface area contributed by atoms with Crippen molar-refractivity contribution in [2.24, 2.45) is 5.41 Å². The number of halogens is 1. The molecular formula is C15H24FNO4S. The van der Waals surface area contributed by atoms with E-state index < -0.39 is 21.9 Å². The lowest BCUT2D eigenvalue weighted by Crippen LogP contribution is -2.32. The van der Waals surface area contributed by atoms with E-state index in [0.29, 0.717) is 6.61 Å². The normalized spacial score (nSPS) is 13.9. The summed E-state index contributed by atoms with van der Waals surface area (Å²) in [5.41, 5.74) is -0.323. The van der Waals surface area contributed by atoms with Gasteiger partial charge >= 0.3 is 0 Å². The number of benzene rings is 1. The van der Waals surface area contributed by atoms with E-state index in [1.807, 2.05) is 20.8 Å². The SMILES string of the molecule is CCOc1ccc(S(=O)(=O)NCC[C@@H](O)C(C)(C)C)cc1F. The largest absolute Gasteiger partial charge is 0.491 e. The molecule has 0 unspecified atom stereocenters. The molecule has 0 aliphatic rings. The quantitative estimate of drug-likeness (QED) is 0.803. The van der Waals surface area contributed by atoms with Gasteiger partial charge in [0.25, 0.3) is 0 Å². The van der Waals surface area contributed by atoms with Crippen LogP contribution in [0.3, 0.4) is 0 Å². The van der Waals surface area contributed by atoms with Gasteiger partial charge in [-0.1, -0.05) is 20.8 Å². The second-order valence-corrected chi connectivity index (χ2v) is 7.86. The summed E-state index contributed by atoms with van der Waals surface area (Å²) >= 11 is 0. The number of aliphatic hydroxyl groups is 1. The van der Waals surface area contributed by atoms with Crippen LogP contribution in [0.1, 0.15) is 34.1 Å². The Morgan fingerprint density at radius 3 is 2.50 bits per heavy atom. The minimum atomic E-state index is -3.81. The lowest BCUT2D eigenvalue weighted by atomic mass is 9.87. The van der Waals surface area contributed by atoms with Crippen LogP contribution in [0.25, 0.3) is 0 Å².